The Morgan fingerprint density at radius 3 is 2.69 bits per heavy atom. The maximum Gasteiger partial charge on any atom is 0.339 e. The van der Waals surface area contributed by atoms with Crippen molar-refractivity contribution < 1.29 is 19.1 Å². The molecule has 0 unspecified atom stereocenters. The molecule has 0 radical (unpaired) electrons. The van der Waals surface area contributed by atoms with Crippen LogP contribution in [0.2, 0.25) is 0 Å². The van der Waals surface area contributed by atoms with E-state index in [4.69, 9.17) is 9.47 Å². The molecular weight excluding hydrogens is 366 g/mol. The van der Waals surface area contributed by atoms with Crippen LogP contribution in [0.1, 0.15) is 44.9 Å². The molecule has 5 heteroatoms. The fourth-order valence-corrected chi connectivity index (χ4v) is 4.05. The number of aryl methyl sites for hydroxylation is 1. The van der Waals surface area contributed by atoms with E-state index in [1.165, 1.54) is 0 Å². The van der Waals surface area contributed by atoms with Crippen molar-refractivity contribution in [2.45, 2.75) is 39.3 Å². The Labute approximate surface area is 170 Å². The molecule has 0 saturated carbocycles. The highest BCUT2D eigenvalue weighted by Crippen LogP contribution is 2.22. The first-order valence-electron chi connectivity index (χ1n) is 10.0. The van der Waals surface area contributed by atoms with Crippen LogP contribution in [0.25, 0.3) is 10.8 Å². The Morgan fingerprint density at radius 1 is 1.10 bits per heavy atom. The molecule has 2 heterocycles. The first-order chi connectivity index (χ1) is 14.0. The summed E-state index contributed by atoms with van der Waals surface area (Å²) >= 11 is 0. The van der Waals surface area contributed by atoms with E-state index in [-0.39, 0.29) is 18.5 Å². The molecule has 1 aromatic heterocycles. The van der Waals surface area contributed by atoms with Crippen LogP contribution in [-0.4, -0.2) is 35.6 Å². The molecule has 0 spiro atoms. The van der Waals surface area contributed by atoms with Gasteiger partial charge in [-0.25, -0.2) is 4.79 Å². The van der Waals surface area contributed by atoms with Crippen molar-refractivity contribution in [1.82, 2.24) is 4.57 Å². The van der Waals surface area contributed by atoms with Gasteiger partial charge >= 0.3 is 5.97 Å². The van der Waals surface area contributed by atoms with Gasteiger partial charge in [0.25, 0.3) is 0 Å². The number of ketones is 1. The largest absolute Gasteiger partial charge is 0.454 e. The smallest absolute Gasteiger partial charge is 0.339 e. The topological polar surface area (TPSA) is 57.5 Å². The maximum absolute atomic E-state index is 12.7. The van der Waals surface area contributed by atoms with Gasteiger partial charge in [0, 0.05) is 30.1 Å². The number of aromatic nitrogens is 1. The molecule has 29 heavy (non-hydrogen) atoms. The highest BCUT2D eigenvalue weighted by Gasteiger charge is 2.22. The SMILES string of the molecule is Cc1cc(C(=O)COC(=O)c2cccc3ccccc23)c(C)n1C[C@H]1CCCO1. The van der Waals surface area contributed by atoms with E-state index in [0.29, 0.717) is 11.1 Å². The Balaban J connectivity index is 1.46. The van der Waals surface area contributed by atoms with Gasteiger partial charge in [0.15, 0.2) is 6.61 Å². The quantitative estimate of drug-likeness (QED) is 0.459. The van der Waals surface area contributed by atoms with Gasteiger partial charge in [-0.1, -0.05) is 36.4 Å². The predicted octanol–water partition coefficient (Wildman–Crippen LogP) is 4.48. The standard InChI is InChI=1S/C24H25NO4/c1-16-13-22(17(2)25(16)14-19-9-6-12-28-19)23(26)15-29-24(27)21-11-5-8-18-7-3-4-10-20(18)21/h3-5,7-8,10-11,13,19H,6,9,12,14-15H2,1-2H3/t19-/m1/s1. The molecule has 0 aliphatic carbocycles. The number of fused-ring (bicyclic) bond motifs is 1. The number of benzene rings is 2. The molecule has 1 aliphatic heterocycles. The Kier molecular flexibility index (Phi) is 5.49. The number of carbonyl (C=O) groups is 2. The highest BCUT2D eigenvalue weighted by molar-refractivity contribution is 6.06. The van der Waals surface area contributed by atoms with Crippen LogP contribution in [0.5, 0.6) is 0 Å². The number of hydrogen-bond acceptors (Lipinski definition) is 4. The van der Waals surface area contributed by atoms with Gasteiger partial charge in [0.1, 0.15) is 0 Å². The molecular formula is C24H25NO4. The normalized spacial score (nSPS) is 16.3. The number of rotatable bonds is 6. The zero-order chi connectivity index (χ0) is 20.4. The molecule has 1 saturated heterocycles. The van der Waals surface area contributed by atoms with Crippen molar-refractivity contribution in [2.75, 3.05) is 13.2 Å². The van der Waals surface area contributed by atoms with E-state index in [1.807, 2.05) is 56.3 Å². The van der Waals surface area contributed by atoms with E-state index in [9.17, 15) is 9.59 Å². The number of nitrogens with zero attached hydrogens (tertiary/aromatic N) is 1. The molecule has 1 fully saturated rings. The molecule has 5 nitrogen and oxygen atoms in total. The van der Waals surface area contributed by atoms with Crippen molar-refractivity contribution in [1.29, 1.82) is 0 Å². The van der Waals surface area contributed by atoms with E-state index >= 15 is 0 Å². The molecule has 150 valence electrons. The van der Waals surface area contributed by atoms with Gasteiger partial charge in [-0.2, -0.15) is 0 Å². The minimum Gasteiger partial charge on any atom is -0.454 e. The van der Waals surface area contributed by atoms with Crippen LogP contribution in [0.3, 0.4) is 0 Å². The van der Waals surface area contributed by atoms with Gasteiger partial charge in [-0.3, -0.25) is 4.79 Å². The van der Waals surface area contributed by atoms with Crippen LogP contribution in [0.15, 0.2) is 48.5 Å². The summed E-state index contributed by atoms with van der Waals surface area (Å²) in [6, 6.07) is 15.0. The molecule has 2 aromatic carbocycles. The summed E-state index contributed by atoms with van der Waals surface area (Å²) in [5.41, 5.74) is 2.98. The molecule has 0 amide bonds. The third-order valence-corrected chi connectivity index (χ3v) is 5.63. The minimum atomic E-state index is -0.483. The van der Waals surface area contributed by atoms with Crippen molar-refractivity contribution in [3.8, 4) is 0 Å². The lowest BCUT2D eigenvalue weighted by Gasteiger charge is -2.14. The second kappa shape index (κ2) is 8.21. The van der Waals surface area contributed by atoms with Gasteiger partial charge in [0.2, 0.25) is 5.78 Å². The first-order valence-corrected chi connectivity index (χ1v) is 10.0. The molecule has 3 aromatic rings. The molecule has 4 rings (SSSR count). The van der Waals surface area contributed by atoms with Gasteiger partial charge < -0.3 is 14.0 Å². The summed E-state index contributed by atoms with van der Waals surface area (Å²) < 4.78 is 13.2. The maximum atomic E-state index is 12.7. The highest BCUT2D eigenvalue weighted by atomic mass is 16.5. The predicted molar refractivity (Wildman–Crippen MR) is 111 cm³/mol. The van der Waals surface area contributed by atoms with Crippen LogP contribution in [-0.2, 0) is 16.0 Å². The summed E-state index contributed by atoms with van der Waals surface area (Å²) in [4.78, 5) is 25.3. The number of hydrogen-bond donors (Lipinski definition) is 0. The average Bonchev–Trinajstić information content (AvgIpc) is 3.35. The lowest BCUT2D eigenvalue weighted by Crippen LogP contribution is -2.18. The lowest BCUT2D eigenvalue weighted by atomic mass is 10.0. The molecule has 1 aliphatic rings. The molecule has 0 N–H and O–H groups in total. The molecule has 0 bridgehead atoms. The fraction of sp³-hybridized carbons (Fsp3) is 0.333. The van der Waals surface area contributed by atoms with E-state index < -0.39 is 5.97 Å². The van der Waals surface area contributed by atoms with E-state index in [1.54, 1.807) is 6.07 Å². The Hall–Kier alpha value is -2.92. The number of carbonyl (C=O) groups excluding carboxylic acids is 2. The molecule has 1 atom stereocenters. The van der Waals surface area contributed by atoms with E-state index in [2.05, 4.69) is 4.57 Å². The zero-order valence-electron chi connectivity index (χ0n) is 16.8. The van der Waals surface area contributed by atoms with Crippen LogP contribution in [0, 0.1) is 13.8 Å². The van der Waals surface area contributed by atoms with Gasteiger partial charge in [-0.15, -0.1) is 0 Å². The van der Waals surface area contributed by atoms with Crippen LogP contribution < -0.4 is 0 Å². The second-order valence-electron chi connectivity index (χ2n) is 7.56. The number of esters is 1. The van der Waals surface area contributed by atoms with Crippen molar-refractivity contribution in [2.24, 2.45) is 0 Å². The Morgan fingerprint density at radius 2 is 1.90 bits per heavy atom. The first kappa shape index (κ1) is 19.4. The van der Waals surface area contributed by atoms with Crippen molar-refractivity contribution in [3.05, 3.63) is 71.0 Å². The minimum absolute atomic E-state index is 0.190. The summed E-state index contributed by atoms with van der Waals surface area (Å²) in [6.45, 7) is 5.20. The number of Topliss-reactive ketones (excluding diaryl/α,β-unsaturated/α-hetero) is 1. The monoisotopic (exact) mass is 391 g/mol. The second-order valence-corrected chi connectivity index (χ2v) is 7.56. The van der Waals surface area contributed by atoms with Crippen LogP contribution >= 0.6 is 0 Å². The van der Waals surface area contributed by atoms with E-state index in [0.717, 1.165) is 48.2 Å². The summed E-state index contributed by atoms with van der Waals surface area (Å²) in [5.74, 6) is -0.673. The van der Waals surface area contributed by atoms with Gasteiger partial charge in [0.05, 0.1) is 11.7 Å². The van der Waals surface area contributed by atoms with Crippen LogP contribution in [0.4, 0.5) is 0 Å². The zero-order valence-corrected chi connectivity index (χ0v) is 16.8. The van der Waals surface area contributed by atoms with Crippen molar-refractivity contribution in [3.63, 3.8) is 0 Å². The third kappa shape index (κ3) is 3.96. The number of ether oxygens (including phenoxy) is 2. The summed E-state index contributed by atoms with van der Waals surface area (Å²) in [7, 11) is 0. The van der Waals surface area contributed by atoms with Gasteiger partial charge in [-0.05, 0) is 49.6 Å². The summed E-state index contributed by atoms with van der Waals surface area (Å²) in [6.07, 6.45) is 2.33. The summed E-state index contributed by atoms with van der Waals surface area (Å²) in [5, 5.41) is 1.79. The fourth-order valence-electron chi connectivity index (χ4n) is 4.05. The Bertz CT molecular complexity index is 1050. The van der Waals surface area contributed by atoms with Crippen molar-refractivity contribution >= 4 is 22.5 Å². The third-order valence-electron chi connectivity index (χ3n) is 5.63. The average molecular weight is 391 g/mol. The lowest BCUT2D eigenvalue weighted by molar-refractivity contribution is 0.0476.